The van der Waals surface area contributed by atoms with Crippen LogP contribution in [0, 0.1) is 19.8 Å². The predicted octanol–water partition coefficient (Wildman–Crippen LogP) is 6.11. The van der Waals surface area contributed by atoms with E-state index in [9.17, 15) is 18.4 Å². The van der Waals surface area contributed by atoms with Gasteiger partial charge in [-0.3, -0.25) is 9.59 Å². The summed E-state index contributed by atoms with van der Waals surface area (Å²) in [6.45, 7) is 6.23. The van der Waals surface area contributed by atoms with Crippen LogP contribution in [0.5, 0.6) is 0 Å². The van der Waals surface area contributed by atoms with Crippen LogP contribution in [0.2, 0.25) is 0 Å². The largest absolute Gasteiger partial charge is 0.348 e. The molecule has 210 valence electrons. The number of hydrogen-bond donors (Lipinski definition) is 3. The van der Waals surface area contributed by atoms with Crippen molar-refractivity contribution in [3.63, 3.8) is 0 Å². The first kappa shape index (κ1) is 27.9. The van der Waals surface area contributed by atoms with E-state index >= 15 is 0 Å². The Bertz CT molecular complexity index is 1420. The highest BCUT2D eigenvalue weighted by Gasteiger charge is 2.46. The normalized spacial score (nSPS) is 22.0. The smallest absolute Gasteiger partial charge is 0.254 e. The van der Waals surface area contributed by atoms with Crippen LogP contribution in [-0.2, 0) is 6.54 Å². The average molecular weight is 557 g/mol. The summed E-state index contributed by atoms with van der Waals surface area (Å²) < 4.78 is 28.8. The molecule has 0 aliphatic heterocycles. The number of hydrogen-bond acceptors (Lipinski definition) is 4. The van der Waals surface area contributed by atoms with Crippen molar-refractivity contribution < 1.29 is 13.6 Å². The third-order valence-corrected chi connectivity index (χ3v) is 9.49. The van der Waals surface area contributed by atoms with Gasteiger partial charge in [0.1, 0.15) is 0 Å². The minimum absolute atomic E-state index is 0.0420. The van der Waals surface area contributed by atoms with Gasteiger partial charge in [-0.15, -0.1) is 11.8 Å². The number of rotatable bonds is 8. The molecule has 1 atom stereocenters. The lowest BCUT2D eigenvalue weighted by Gasteiger charge is -2.41. The number of carbonyl (C=O) groups is 1. The Morgan fingerprint density at radius 1 is 1.15 bits per heavy atom. The van der Waals surface area contributed by atoms with Crippen molar-refractivity contribution in [3.05, 3.63) is 63.2 Å². The molecule has 0 bridgehead atoms. The molecule has 1 aromatic carbocycles. The Morgan fingerprint density at radius 3 is 2.51 bits per heavy atom. The highest BCUT2D eigenvalue weighted by Crippen LogP contribution is 2.41. The Balaban J connectivity index is 1.32. The zero-order valence-electron chi connectivity index (χ0n) is 23.1. The van der Waals surface area contributed by atoms with Gasteiger partial charge in [0, 0.05) is 70.3 Å². The third-order valence-electron chi connectivity index (χ3n) is 8.68. The average Bonchev–Trinajstić information content (AvgIpc) is 3.18. The molecule has 39 heavy (non-hydrogen) atoms. The number of alkyl halides is 2. The van der Waals surface area contributed by atoms with E-state index in [4.69, 9.17) is 0 Å². The van der Waals surface area contributed by atoms with Crippen LogP contribution >= 0.6 is 11.8 Å². The van der Waals surface area contributed by atoms with Crippen LogP contribution in [0.25, 0.3) is 10.9 Å². The van der Waals surface area contributed by atoms with Gasteiger partial charge in [0.05, 0.1) is 5.56 Å². The molecule has 0 spiro atoms. The fourth-order valence-corrected chi connectivity index (χ4v) is 7.29. The molecule has 2 aliphatic carbocycles. The molecule has 3 N–H and O–H groups in total. The van der Waals surface area contributed by atoms with Gasteiger partial charge < -0.3 is 20.2 Å². The number of thioether (sulfide) groups is 1. The number of pyridine rings is 1. The molecule has 2 fully saturated rings. The lowest BCUT2D eigenvalue weighted by atomic mass is 9.80. The van der Waals surface area contributed by atoms with Crippen LogP contribution in [0.1, 0.15) is 78.8 Å². The fourth-order valence-electron chi connectivity index (χ4n) is 6.59. The lowest BCUT2D eigenvalue weighted by molar-refractivity contribution is -0.0957. The number of aromatic nitrogens is 2. The van der Waals surface area contributed by atoms with Crippen molar-refractivity contribution in [3.8, 4) is 0 Å². The fraction of sp³-hybridized carbons (Fsp3) is 0.533. The van der Waals surface area contributed by atoms with Gasteiger partial charge in [-0.25, -0.2) is 8.78 Å². The van der Waals surface area contributed by atoms with Crippen molar-refractivity contribution in [2.75, 3.05) is 6.26 Å². The molecule has 3 aromatic rings. The van der Waals surface area contributed by atoms with E-state index < -0.39 is 5.92 Å². The summed E-state index contributed by atoms with van der Waals surface area (Å²) in [7, 11) is 0. The lowest BCUT2D eigenvalue weighted by Crippen LogP contribution is -2.52. The maximum atomic E-state index is 13.6. The van der Waals surface area contributed by atoms with Crippen LogP contribution in [0.15, 0.2) is 40.0 Å². The molecule has 1 amide bonds. The van der Waals surface area contributed by atoms with E-state index in [0.717, 1.165) is 52.9 Å². The second-order valence-electron chi connectivity index (χ2n) is 11.3. The van der Waals surface area contributed by atoms with Crippen molar-refractivity contribution in [1.29, 1.82) is 0 Å². The van der Waals surface area contributed by atoms with E-state index in [0.29, 0.717) is 23.1 Å². The van der Waals surface area contributed by atoms with Gasteiger partial charge in [-0.1, -0.05) is 18.2 Å². The first-order chi connectivity index (χ1) is 18.6. The van der Waals surface area contributed by atoms with Crippen LogP contribution < -0.4 is 16.2 Å². The minimum atomic E-state index is -2.49. The maximum Gasteiger partial charge on any atom is 0.254 e. The second kappa shape index (κ2) is 11.1. The van der Waals surface area contributed by atoms with Gasteiger partial charge in [0.25, 0.3) is 17.4 Å². The molecule has 5 rings (SSSR count). The number of nitrogens with zero attached hydrogens (tertiary/aromatic N) is 1. The molecule has 2 saturated carbocycles. The van der Waals surface area contributed by atoms with Gasteiger partial charge >= 0.3 is 0 Å². The standard InChI is InChI=1S/C30H38F2N4O2S/c1-17-13-26(39-4)24(28(37)34-17)16-33-29(38)27-19(3)36(25-8-6-5-7-23(25)27)18(2)20-9-11-21(12-10-20)35-22-14-30(31,32)15-22/h5-8,13,18,20-22,35H,9-12,14-16H2,1-4H3,(H,33,38)(H,34,37). The summed E-state index contributed by atoms with van der Waals surface area (Å²) in [5.41, 5.74) is 3.77. The number of aromatic amines is 1. The summed E-state index contributed by atoms with van der Waals surface area (Å²) in [6, 6.07) is 10.4. The molecule has 6 nitrogen and oxygen atoms in total. The molecular weight excluding hydrogens is 518 g/mol. The summed E-state index contributed by atoms with van der Waals surface area (Å²) >= 11 is 1.50. The summed E-state index contributed by atoms with van der Waals surface area (Å²) in [5.74, 6) is -2.24. The number of nitrogens with one attached hydrogen (secondary N) is 3. The Hall–Kier alpha value is -2.65. The highest BCUT2D eigenvalue weighted by atomic mass is 32.2. The van der Waals surface area contributed by atoms with E-state index in [2.05, 4.69) is 33.2 Å². The number of benzene rings is 1. The number of aryl methyl sites for hydroxylation is 1. The van der Waals surface area contributed by atoms with Gasteiger partial charge in [-0.05, 0) is 70.8 Å². The number of amides is 1. The first-order valence-corrected chi connectivity index (χ1v) is 15.1. The van der Waals surface area contributed by atoms with E-state index in [1.165, 1.54) is 11.8 Å². The van der Waals surface area contributed by atoms with Crippen molar-refractivity contribution in [2.45, 2.75) is 94.8 Å². The number of halogens is 2. The molecule has 2 aromatic heterocycles. The monoisotopic (exact) mass is 556 g/mol. The second-order valence-corrected chi connectivity index (χ2v) is 12.2. The van der Waals surface area contributed by atoms with E-state index in [1.54, 1.807) is 0 Å². The van der Waals surface area contributed by atoms with E-state index in [1.807, 2.05) is 44.4 Å². The Labute approximate surface area is 232 Å². The van der Waals surface area contributed by atoms with Crippen molar-refractivity contribution in [1.82, 2.24) is 20.2 Å². The van der Waals surface area contributed by atoms with Gasteiger partial charge in [-0.2, -0.15) is 0 Å². The van der Waals surface area contributed by atoms with Gasteiger partial charge in [0.2, 0.25) is 0 Å². The third kappa shape index (κ3) is 5.66. The van der Waals surface area contributed by atoms with Crippen LogP contribution in [0.3, 0.4) is 0 Å². The molecule has 2 aliphatic rings. The quantitative estimate of drug-likeness (QED) is 0.293. The molecule has 0 radical (unpaired) electrons. The van der Waals surface area contributed by atoms with Crippen LogP contribution in [-0.4, -0.2) is 39.7 Å². The summed E-state index contributed by atoms with van der Waals surface area (Å²) in [5, 5.41) is 7.36. The number of fused-ring (bicyclic) bond motifs is 1. The number of H-pyrrole nitrogens is 1. The molecule has 0 saturated heterocycles. The Kier molecular flexibility index (Phi) is 7.93. The minimum Gasteiger partial charge on any atom is -0.348 e. The Morgan fingerprint density at radius 2 is 1.85 bits per heavy atom. The van der Waals surface area contributed by atoms with Gasteiger partial charge in [0.15, 0.2) is 0 Å². The van der Waals surface area contributed by atoms with E-state index in [-0.39, 0.29) is 42.9 Å². The topological polar surface area (TPSA) is 78.9 Å². The summed E-state index contributed by atoms with van der Waals surface area (Å²) in [4.78, 5) is 29.8. The number of para-hydroxylation sites is 1. The summed E-state index contributed by atoms with van der Waals surface area (Å²) in [6.07, 6.45) is 5.83. The molecule has 9 heteroatoms. The first-order valence-electron chi connectivity index (χ1n) is 13.9. The zero-order chi connectivity index (χ0) is 27.9. The maximum absolute atomic E-state index is 13.6. The van der Waals surface area contributed by atoms with Crippen molar-refractivity contribution >= 4 is 28.6 Å². The van der Waals surface area contributed by atoms with Crippen LogP contribution in [0.4, 0.5) is 8.78 Å². The highest BCUT2D eigenvalue weighted by molar-refractivity contribution is 7.98. The molecule has 1 unspecified atom stereocenters. The predicted molar refractivity (Wildman–Crippen MR) is 153 cm³/mol. The van der Waals surface area contributed by atoms with Crippen molar-refractivity contribution in [2.24, 2.45) is 5.92 Å². The zero-order valence-corrected chi connectivity index (χ0v) is 23.9. The molecule has 2 heterocycles. The number of carbonyl (C=O) groups excluding carboxylic acids is 1. The molecular formula is C30H38F2N4O2S. The SMILES string of the molecule is CSc1cc(C)[nH]c(=O)c1CNC(=O)c1c(C)n(C(C)C2CCC(NC3CC(F)(F)C3)CC2)c2ccccc12.